The smallest absolute Gasteiger partial charge is 0.336 e. The molecular formula is C20H21NO2. The van der Waals surface area contributed by atoms with Gasteiger partial charge in [0.2, 0.25) is 0 Å². The zero-order valence-electron chi connectivity index (χ0n) is 13.7. The summed E-state index contributed by atoms with van der Waals surface area (Å²) < 4.78 is 5.42. The average Bonchev–Trinajstić information content (AvgIpc) is 2.57. The van der Waals surface area contributed by atoms with Crippen molar-refractivity contribution in [3.8, 4) is 0 Å². The van der Waals surface area contributed by atoms with Crippen LogP contribution in [0.5, 0.6) is 0 Å². The van der Waals surface area contributed by atoms with E-state index in [0.717, 1.165) is 22.1 Å². The summed E-state index contributed by atoms with van der Waals surface area (Å²) in [5.41, 5.74) is 4.76. The molecule has 0 saturated carbocycles. The zero-order valence-corrected chi connectivity index (χ0v) is 13.7. The van der Waals surface area contributed by atoms with E-state index in [-0.39, 0.29) is 11.7 Å². The maximum absolute atomic E-state index is 11.9. The molecule has 0 amide bonds. The Bertz CT molecular complexity index is 881. The topological polar surface area (TPSA) is 42.2 Å². The van der Waals surface area contributed by atoms with E-state index in [2.05, 4.69) is 30.4 Å². The normalized spacial score (nSPS) is 12.5. The van der Waals surface area contributed by atoms with E-state index in [9.17, 15) is 4.79 Å². The molecule has 1 heterocycles. The summed E-state index contributed by atoms with van der Waals surface area (Å²) in [5.74, 6) is 0. The third kappa shape index (κ3) is 3.20. The molecule has 0 aliphatic carbocycles. The molecule has 0 spiro atoms. The predicted octanol–water partition coefficient (Wildman–Crippen LogP) is 4.26. The Hall–Kier alpha value is -2.39. The van der Waals surface area contributed by atoms with Crippen LogP contribution in [0.1, 0.15) is 35.2 Å². The van der Waals surface area contributed by atoms with Crippen LogP contribution in [0.25, 0.3) is 11.0 Å². The summed E-state index contributed by atoms with van der Waals surface area (Å²) in [6.45, 7) is 6.76. The van der Waals surface area contributed by atoms with Crippen LogP contribution in [0.3, 0.4) is 0 Å². The minimum atomic E-state index is -0.296. The molecule has 1 atom stereocenters. The fraction of sp³-hybridized carbons (Fsp3) is 0.250. The Balaban J connectivity index is 1.91. The first-order valence-electron chi connectivity index (χ1n) is 7.87. The molecule has 0 aliphatic heterocycles. The van der Waals surface area contributed by atoms with Gasteiger partial charge in [0.25, 0.3) is 0 Å². The van der Waals surface area contributed by atoms with Crippen molar-refractivity contribution in [1.82, 2.24) is 5.32 Å². The number of fused-ring (bicyclic) bond motifs is 1. The molecule has 0 aliphatic rings. The third-order valence-corrected chi connectivity index (χ3v) is 4.42. The van der Waals surface area contributed by atoms with Crippen molar-refractivity contribution in [1.29, 1.82) is 0 Å². The summed E-state index contributed by atoms with van der Waals surface area (Å²) in [7, 11) is 0. The highest BCUT2D eigenvalue weighted by atomic mass is 16.4. The minimum Gasteiger partial charge on any atom is -0.422 e. The van der Waals surface area contributed by atoms with Gasteiger partial charge >= 0.3 is 5.63 Å². The molecule has 2 aromatic carbocycles. The Morgan fingerprint density at radius 1 is 1.09 bits per heavy atom. The summed E-state index contributed by atoms with van der Waals surface area (Å²) in [6, 6.07) is 16.2. The van der Waals surface area contributed by atoms with Gasteiger partial charge in [-0.3, -0.25) is 0 Å². The lowest BCUT2D eigenvalue weighted by Gasteiger charge is -2.15. The summed E-state index contributed by atoms with van der Waals surface area (Å²) in [4.78, 5) is 11.9. The molecule has 3 aromatic rings. The van der Waals surface area contributed by atoms with Crippen LogP contribution < -0.4 is 10.9 Å². The first kappa shape index (κ1) is 15.5. The number of nitrogens with one attached hydrogen (secondary N) is 1. The number of aryl methyl sites for hydroxylation is 2. The molecule has 0 radical (unpaired) electrons. The van der Waals surface area contributed by atoms with Gasteiger partial charge in [-0.05, 0) is 43.0 Å². The lowest BCUT2D eigenvalue weighted by atomic mass is 10.0. The lowest BCUT2D eigenvalue weighted by molar-refractivity contribution is 0.545. The lowest BCUT2D eigenvalue weighted by Crippen LogP contribution is -2.19. The molecule has 0 fully saturated rings. The molecule has 1 N–H and O–H groups in total. The van der Waals surface area contributed by atoms with Crippen LogP contribution in [0, 0.1) is 13.8 Å². The van der Waals surface area contributed by atoms with Gasteiger partial charge in [-0.1, -0.05) is 42.5 Å². The molecule has 0 unspecified atom stereocenters. The quantitative estimate of drug-likeness (QED) is 0.732. The van der Waals surface area contributed by atoms with Gasteiger partial charge in [-0.15, -0.1) is 0 Å². The van der Waals surface area contributed by atoms with Crippen molar-refractivity contribution in [2.24, 2.45) is 0 Å². The standard InChI is InChI=1S/C20H21NO2/c1-13-9-10-18-17(11-19(22)23-20(18)14(13)2)12-21-15(3)16-7-5-4-6-8-16/h4-11,15,21H,12H2,1-3H3/t15-/m1/s1. The van der Waals surface area contributed by atoms with E-state index < -0.39 is 0 Å². The fourth-order valence-electron chi connectivity index (χ4n) is 2.79. The third-order valence-electron chi connectivity index (χ3n) is 4.42. The van der Waals surface area contributed by atoms with Gasteiger partial charge in [-0.2, -0.15) is 0 Å². The van der Waals surface area contributed by atoms with Gasteiger partial charge in [0.1, 0.15) is 5.58 Å². The Kier molecular flexibility index (Phi) is 4.30. The SMILES string of the molecule is Cc1ccc2c(CN[C@H](C)c3ccccc3)cc(=O)oc2c1C. The highest BCUT2D eigenvalue weighted by molar-refractivity contribution is 5.83. The summed E-state index contributed by atoms with van der Waals surface area (Å²) >= 11 is 0. The summed E-state index contributed by atoms with van der Waals surface area (Å²) in [5, 5.41) is 4.49. The van der Waals surface area contributed by atoms with E-state index in [1.807, 2.05) is 38.1 Å². The van der Waals surface area contributed by atoms with Crippen LogP contribution in [0.15, 0.2) is 57.7 Å². The number of rotatable bonds is 4. The maximum Gasteiger partial charge on any atom is 0.336 e. The summed E-state index contributed by atoms with van der Waals surface area (Å²) in [6.07, 6.45) is 0. The molecule has 3 nitrogen and oxygen atoms in total. The van der Waals surface area contributed by atoms with E-state index in [1.54, 1.807) is 6.07 Å². The van der Waals surface area contributed by atoms with Crippen LogP contribution >= 0.6 is 0 Å². The van der Waals surface area contributed by atoms with Gasteiger partial charge in [-0.25, -0.2) is 4.79 Å². The zero-order chi connectivity index (χ0) is 16.4. The van der Waals surface area contributed by atoms with Gasteiger partial charge in [0.15, 0.2) is 0 Å². The molecule has 1 aromatic heterocycles. The average molecular weight is 307 g/mol. The Morgan fingerprint density at radius 2 is 1.83 bits per heavy atom. The number of benzene rings is 2. The minimum absolute atomic E-state index is 0.213. The first-order chi connectivity index (χ1) is 11.1. The molecule has 23 heavy (non-hydrogen) atoms. The van der Waals surface area contributed by atoms with Gasteiger partial charge in [0.05, 0.1) is 0 Å². The Labute approximate surface area is 136 Å². The second-order valence-corrected chi connectivity index (χ2v) is 5.99. The van der Waals surface area contributed by atoms with Crippen molar-refractivity contribution < 1.29 is 4.42 Å². The van der Waals surface area contributed by atoms with Crippen LogP contribution in [0.2, 0.25) is 0 Å². The highest BCUT2D eigenvalue weighted by Crippen LogP contribution is 2.23. The van der Waals surface area contributed by atoms with Gasteiger partial charge in [0, 0.05) is 24.0 Å². The molecule has 0 bridgehead atoms. The van der Waals surface area contributed by atoms with E-state index in [1.165, 1.54) is 5.56 Å². The maximum atomic E-state index is 11.9. The van der Waals surface area contributed by atoms with Crippen molar-refractivity contribution >= 4 is 11.0 Å². The van der Waals surface area contributed by atoms with Gasteiger partial charge < -0.3 is 9.73 Å². The molecule has 0 saturated heterocycles. The molecule has 118 valence electrons. The molecule has 3 heteroatoms. The van der Waals surface area contributed by atoms with Crippen molar-refractivity contribution in [3.63, 3.8) is 0 Å². The van der Waals surface area contributed by atoms with Crippen molar-refractivity contribution in [2.75, 3.05) is 0 Å². The van der Waals surface area contributed by atoms with E-state index in [4.69, 9.17) is 4.42 Å². The van der Waals surface area contributed by atoms with Crippen LogP contribution in [0.4, 0.5) is 0 Å². The number of hydrogen-bond acceptors (Lipinski definition) is 3. The van der Waals surface area contributed by atoms with Crippen LogP contribution in [-0.4, -0.2) is 0 Å². The number of hydrogen-bond donors (Lipinski definition) is 1. The first-order valence-corrected chi connectivity index (χ1v) is 7.87. The Morgan fingerprint density at radius 3 is 2.57 bits per heavy atom. The van der Waals surface area contributed by atoms with Crippen LogP contribution in [-0.2, 0) is 6.54 Å². The second kappa shape index (κ2) is 6.39. The van der Waals surface area contributed by atoms with E-state index in [0.29, 0.717) is 12.1 Å². The highest BCUT2D eigenvalue weighted by Gasteiger charge is 2.11. The molecule has 3 rings (SSSR count). The largest absolute Gasteiger partial charge is 0.422 e. The second-order valence-electron chi connectivity index (χ2n) is 5.99. The predicted molar refractivity (Wildman–Crippen MR) is 93.7 cm³/mol. The molecular weight excluding hydrogens is 286 g/mol. The monoisotopic (exact) mass is 307 g/mol. The van der Waals surface area contributed by atoms with Crippen molar-refractivity contribution in [3.05, 3.63) is 81.2 Å². The fourth-order valence-corrected chi connectivity index (χ4v) is 2.79. The van der Waals surface area contributed by atoms with Crippen molar-refractivity contribution in [2.45, 2.75) is 33.4 Å². The van der Waals surface area contributed by atoms with E-state index >= 15 is 0 Å².